The van der Waals surface area contributed by atoms with Gasteiger partial charge in [0.05, 0.1) is 0 Å². The van der Waals surface area contributed by atoms with Crippen LogP contribution in [0.15, 0.2) is 0 Å². The molecule has 0 spiro atoms. The zero-order valence-electron chi connectivity index (χ0n) is 9.86. The summed E-state index contributed by atoms with van der Waals surface area (Å²) in [4.78, 5) is 18.0. The van der Waals surface area contributed by atoms with Gasteiger partial charge in [-0.05, 0) is 32.1 Å². The predicted octanol–water partition coefficient (Wildman–Crippen LogP) is 1.38. The number of carbonyl (C=O) groups excluding carboxylic acids is 1. The second-order valence-electron chi connectivity index (χ2n) is 4.57. The molecular formula is C11H18N4O. The quantitative estimate of drug-likeness (QED) is 0.780. The van der Waals surface area contributed by atoms with Crippen molar-refractivity contribution in [1.29, 1.82) is 0 Å². The first-order valence-corrected chi connectivity index (χ1v) is 5.85. The summed E-state index contributed by atoms with van der Waals surface area (Å²) in [5.41, 5.74) is 0. The molecule has 1 fully saturated rings. The number of nitrogens with zero attached hydrogens (tertiary/aromatic N) is 3. The van der Waals surface area contributed by atoms with E-state index in [0.29, 0.717) is 17.6 Å². The third kappa shape index (κ3) is 2.40. The van der Waals surface area contributed by atoms with Crippen molar-refractivity contribution in [3.63, 3.8) is 0 Å². The summed E-state index contributed by atoms with van der Waals surface area (Å²) in [6.07, 6.45) is 3.36. The Morgan fingerprint density at radius 2 is 2.25 bits per heavy atom. The van der Waals surface area contributed by atoms with Crippen LogP contribution in [0.1, 0.15) is 42.6 Å². The van der Waals surface area contributed by atoms with E-state index < -0.39 is 0 Å². The molecule has 0 radical (unpaired) electrons. The van der Waals surface area contributed by atoms with Crippen LogP contribution < -0.4 is 0 Å². The molecule has 1 unspecified atom stereocenters. The molecule has 5 heteroatoms. The largest absolute Gasteiger partial charge is 0.336 e. The van der Waals surface area contributed by atoms with Crippen LogP contribution in [0.3, 0.4) is 0 Å². The summed E-state index contributed by atoms with van der Waals surface area (Å²) >= 11 is 0. The van der Waals surface area contributed by atoms with E-state index in [1.807, 2.05) is 4.90 Å². The minimum atomic E-state index is -0.0431. The lowest BCUT2D eigenvalue weighted by Gasteiger charge is -2.18. The molecule has 1 amide bonds. The van der Waals surface area contributed by atoms with Crippen LogP contribution in [0.25, 0.3) is 0 Å². The fraction of sp³-hybridized carbons (Fsp3) is 0.727. The molecule has 0 saturated carbocycles. The Morgan fingerprint density at radius 3 is 2.94 bits per heavy atom. The van der Waals surface area contributed by atoms with Crippen LogP contribution in [0.2, 0.25) is 0 Å². The van der Waals surface area contributed by atoms with Gasteiger partial charge < -0.3 is 4.90 Å². The Bertz CT molecular complexity index is 374. The van der Waals surface area contributed by atoms with Crippen molar-refractivity contribution >= 4 is 5.91 Å². The Hall–Kier alpha value is -1.39. The fourth-order valence-corrected chi connectivity index (χ4v) is 2.05. The Balaban J connectivity index is 2.04. The average molecular weight is 222 g/mol. The van der Waals surface area contributed by atoms with Gasteiger partial charge in [-0.15, -0.1) is 5.10 Å². The third-order valence-electron chi connectivity index (χ3n) is 3.09. The number of H-pyrrole nitrogens is 1. The molecule has 1 saturated heterocycles. The number of hydrogen-bond acceptors (Lipinski definition) is 3. The molecule has 0 aromatic carbocycles. The highest BCUT2D eigenvalue weighted by atomic mass is 16.2. The monoisotopic (exact) mass is 222 g/mol. The summed E-state index contributed by atoms with van der Waals surface area (Å²) in [6, 6.07) is 0. The SMILES string of the molecule is Cc1nc(C(=O)N2CCCC(C)CC2)n[nH]1. The smallest absolute Gasteiger partial charge is 0.293 e. The van der Waals surface area contributed by atoms with Crippen molar-refractivity contribution in [3.05, 3.63) is 11.6 Å². The normalized spacial score (nSPS) is 21.9. The van der Waals surface area contributed by atoms with E-state index in [1.54, 1.807) is 6.92 Å². The van der Waals surface area contributed by atoms with Gasteiger partial charge in [-0.2, -0.15) is 0 Å². The number of aryl methyl sites for hydroxylation is 1. The van der Waals surface area contributed by atoms with Crippen LogP contribution in [0.4, 0.5) is 0 Å². The van der Waals surface area contributed by atoms with Crippen LogP contribution in [0.5, 0.6) is 0 Å². The van der Waals surface area contributed by atoms with Crippen LogP contribution in [0, 0.1) is 12.8 Å². The minimum Gasteiger partial charge on any atom is -0.336 e. The molecule has 0 bridgehead atoms. The third-order valence-corrected chi connectivity index (χ3v) is 3.09. The Labute approximate surface area is 95.2 Å². The van der Waals surface area contributed by atoms with Gasteiger partial charge in [0.2, 0.25) is 5.82 Å². The van der Waals surface area contributed by atoms with Crippen LogP contribution in [-0.2, 0) is 0 Å². The number of hydrogen-bond donors (Lipinski definition) is 1. The molecule has 1 aromatic heterocycles. The highest BCUT2D eigenvalue weighted by Crippen LogP contribution is 2.17. The molecule has 2 rings (SSSR count). The minimum absolute atomic E-state index is 0.0431. The van der Waals surface area contributed by atoms with Crippen molar-refractivity contribution in [3.8, 4) is 0 Å². The average Bonchev–Trinajstić information content (AvgIpc) is 2.57. The van der Waals surface area contributed by atoms with Crippen molar-refractivity contribution in [1.82, 2.24) is 20.1 Å². The predicted molar refractivity (Wildman–Crippen MR) is 60.0 cm³/mol. The zero-order chi connectivity index (χ0) is 11.5. The first-order chi connectivity index (χ1) is 7.66. The van der Waals surface area contributed by atoms with Crippen LogP contribution >= 0.6 is 0 Å². The van der Waals surface area contributed by atoms with Gasteiger partial charge in [-0.25, -0.2) is 4.98 Å². The van der Waals surface area contributed by atoms with Gasteiger partial charge in [0.15, 0.2) is 0 Å². The van der Waals surface area contributed by atoms with E-state index in [1.165, 1.54) is 6.42 Å². The van der Waals surface area contributed by atoms with E-state index in [2.05, 4.69) is 22.1 Å². The Morgan fingerprint density at radius 1 is 1.44 bits per heavy atom. The Kier molecular flexibility index (Phi) is 3.22. The molecule has 1 aliphatic heterocycles. The zero-order valence-corrected chi connectivity index (χ0v) is 9.86. The number of carbonyl (C=O) groups is 1. The highest BCUT2D eigenvalue weighted by Gasteiger charge is 2.22. The summed E-state index contributed by atoms with van der Waals surface area (Å²) in [5, 5.41) is 6.62. The molecule has 16 heavy (non-hydrogen) atoms. The van der Waals surface area contributed by atoms with Gasteiger partial charge in [-0.3, -0.25) is 9.89 Å². The summed E-state index contributed by atoms with van der Waals surface area (Å²) < 4.78 is 0. The maximum absolute atomic E-state index is 12.1. The van der Waals surface area contributed by atoms with Gasteiger partial charge in [-0.1, -0.05) is 6.92 Å². The van der Waals surface area contributed by atoms with E-state index in [-0.39, 0.29) is 5.91 Å². The molecule has 2 heterocycles. The van der Waals surface area contributed by atoms with Gasteiger partial charge >= 0.3 is 0 Å². The van der Waals surface area contributed by atoms with E-state index >= 15 is 0 Å². The molecule has 5 nitrogen and oxygen atoms in total. The van der Waals surface area contributed by atoms with E-state index in [9.17, 15) is 4.79 Å². The summed E-state index contributed by atoms with van der Waals surface area (Å²) in [6.45, 7) is 5.70. The summed E-state index contributed by atoms with van der Waals surface area (Å²) in [7, 11) is 0. The number of aromatic amines is 1. The van der Waals surface area contributed by atoms with E-state index in [0.717, 1.165) is 25.9 Å². The lowest BCUT2D eigenvalue weighted by molar-refractivity contribution is 0.0748. The van der Waals surface area contributed by atoms with Gasteiger partial charge in [0.25, 0.3) is 5.91 Å². The lowest BCUT2D eigenvalue weighted by Crippen LogP contribution is -2.32. The molecule has 1 aliphatic rings. The number of rotatable bonds is 1. The van der Waals surface area contributed by atoms with Crippen LogP contribution in [-0.4, -0.2) is 39.1 Å². The molecule has 0 aliphatic carbocycles. The topological polar surface area (TPSA) is 61.9 Å². The maximum Gasteiger partial charge on any atom is 0.293 e. The van der Waals surface area contributed by atoms with Crippen molar-refractivity contribution in [2.24, 2.45) is 5.92 Å². The fourth-order valence-electron chi connectivity index (χ4n) is 2.05. The maximum atomic E-state index is 12.1. The van der Waals surface area contributed by atoms with Crippen molar-refractivity contribution < 1.29 is 4.79 Å². The number of likely N-dealkylation sites (tertiary alicyclic amines) is 1. The number of amides is 1. The highest BCUT2D eigenvalue weighted by molar-refractivity contribution is 5.90. The van der Waals surface area contributed by atoms with E-state index in [4.69, 9.17) is 0 Å². The van der Waals surface area contributed by atoms with Gasteiger partial charge in [0, 0.05) is 13.1 Å². The number of aromatic nitrogens is 3. The van der Waals surface area contributed by atoms with Gasteiger partial charge in [0.1, 0.15) is 5.82 Å². The molecule has 88 valence electrons. The second kappa shape index (κ2) is 4.63. The second-order valence-corrected chi connectivity index (χ2v) is 4.57. The molecular weight excluding hydrogens is 204 g/mol. The first kappa shape index (κ1) is 11.1. The van der Waals surface area contributed by atoms with Crippen molar-refractivity contribution in [2.75, 3.05) is 13.1 Å². The standard InChI is InChI=1S/C11H18N4O/c1-8-4-3-6-15(7-5-8)11(16)10-12-9(2)13-14-10/h8H,3-7H2,1-2H3,(H,12,13,14). The lowest BCUT2D eigenvalue weighted by atomic mass is 10.0. The van der Waals surface area contributed by atoms with Crippen molar-refractivity contribution in [2.45, 2.75) is 33.1 Å². The molecule has 1 aromatic rings. The summed E-state index contributed by atoms with van der Waals surface area (Å²) in [5.74, 6) is 1.66. The number of nitrogens with one attached hydrogen (secondary N) is 1. The molecule has 1 atom stereocenters. The first-order valence-electron chi connectivity index (χ1n) is 5.85. The molecule has 1 N–H and O–H groups in total.